The molecule has 1 aliphatic carbocycles. The molecule has 1 heteroatoms. The molecule has 1 saturated carbocycles. The fraction of sp³-hybridized carbons (Fsp3) is 0.438. The number of allylic oxidation sites excluding steroid dienone is 1. The molecule has 1 aromatic rings. The van der Waals surface area contributed by atoms with Crippen LogP contribution in [0.15, 0.2) is 36.4 Å². The minimum absolute atomic E-state index is 0.108. The average Bonchev–Trinajstić information content (AvgIpc) is 2.35. The molecule has 0 N–H and O–H groups in total. The quantitative estimate of drug-likeness (QED) is 0.756. The summed E-state index contributed by atoms with van der Waals surface area (Å²) in [7, 11) is 0. The zero-order valence-electron chi connectivity index (χ0n) is 10.5. The van der Waals surface area contributed by atoms with Gasteiger partial charge in [0.25, 0.3) is 0 Å². The van der Waals surface area contributed by atoms with Gasteiger partial charge in [0.1, 0.15) is 5.78 Å². The SMILES string of the molecule is CC1(C/C=C/c2ccccc2)CCCCC1=O. The second-order valence-corrected chi connectivity index (χ2v) is 5.21. The number of benzene rings is 1. The van der Waals surface area contributed by atoms with Gasteiger partial charge in [0.15, 0.2) is 0 Å². The van der Waals surface area contributed by atoms with Crippen molar-refractivity contribution in [2.75, 3.05) is 0 Å². The van der Waals surface area contributed by atoms with Gasteiger partial charge in [-0.15, -0.1) is 0 Å². The molecule has 2 rings (SSSR count). The Labute approximate surface area is 104 Å². The van der Waals surface area contributed by atoms with Crippen LogP contribution >= 0.6 is 0 Å². The molecular formula is C16H20O. The molecule has 1 aliphatic rings. The van der Waals surface area contributed by atoms with Crippen molar-refractivity contribution in [3.8, 4) is 0 Å². The van der Waals surface area contributed by atoms with Gasteiger partial charge < -0.3 is 0 Å². The van der Waals surface area contributed by atoms with E-state index in [1.165, 1.54) is 12.0 Å². The van der Waals surface area contributed by atoms with E-state index in [-0.39, 0.29) is 5.41 Å². The third-order valence-electron chi connectivity index (χ3n) is 3.73. The fourth-order valence-electron chi connectivity index (χ4n) is 2.48. The molecule has 0 heterocycles. The van der Waals surface area contributed by atoms with Crippen LogP contribution in [0.1, 0.15) is 44.6 Å². The van der Waals surface area contributed by atoms with E-state index in [0.717, 1.165) is 25.7 Å². The van der Waals surface area contributed by atoms with Gasteiger partial charge in [-0.2, -0.15) is 0 Å². The van der Waals surface area contributed by atoms with Gasteiger partial charge in [0.2, 0.25) is 0 Å². The van der Waals surface area contributed by atoms with Gasteiger partial charge in [-0.25, -0.2) is 0 Å². The molecule has 0 saturated heterocycles. The van der Waals surface area contributed by atoms with Crippen molar-refractivity contribution in [3.05, 3.63) is 42.0 Å². The summed E-state index contributed by atoms with van der Waals surface area (Å²) < 4.78 is 0. The van der Waals surface area contributed by atoms with Crippen LogP contribution in [0.2, 0.25) is 0 Å². The van der Waals surface area contributed by atoms with E-state index in [2.05, 4.69) is 31.2 Å². The number of hydrogen-bond donors (Lipinski definition) is 0. The first-order chi connectivity index (χ1) is 8.21. The highest BCUT2D eigenvalue weighted by atomic mass is 16.1. The van der Waals surface area contributed by atoms with Crippen molar-refractivity contribution in [1.82, 2.24) is 0 Å². The first-order valence-electron chi connectivity index (χ1n) is 6.46. The van der Waals surface area contributed by atoms with Crippen molar-refractivity contribution in [2.45, 2.75) is 39.0 Å². The van der Waals surface area contributed by atoms with Gasteiger partial charge >= 0.3 is 0 Å². The molecule has 0 amide bonds. The monoisotopic (exact) mass is 228 g/mol. The van der Waals surface area contributed by atoms with E-state index in [1.54, 1.807) is 0 Å². The lowest BCUT2D eigenvalue weighted by Crippen LogP contribution is -2.30. The van der Waals surface area contributed by atoms with E-state index >= 15 is 0 Å². The van der Waals surface area contributed by atoms with Crippen molar-refractivity contribution >= 4 is 11.9 Å². The molecule has 1 nitrogen and oxygen atoms in total. The maximum Gasteiger partial charge on any atom is 0.139 e. The Morgan fingerprint density at radius 3 is 2.71 bits per heavy atom. The van der Waals surface area contributed by atoms with E-state index in [4.69, 9.17) is 0 Å². The van der Waals surface area contributed by atoms with Crippen molar-refractivity contribution in [1.29, 1.82) is 0 Å². The first-order valence-corrected chi connectivity index (χ1v) is 6.46. The van der Waals surface area contributed by atoms with Crippen LogP contribution in [-0.4, -0.2) is 5.78 Å². The van der Waals surface area contributed by atoms with Crippen LogP contribution in [0.25, 0.3) is 6.08 Å². The summed E-state index contributed by atoms with van der Waals surface area (Å²) >= 11 is 0. The normalized spacial score (nSPS) is 25.4. The smallest absolute Gasteiger partial charge is 0.139 e. The highest BCUT2D eigenvalue weighted by Crippen LogP contribution is 2.36. The van der Waals surface area contributed by atoms with Crippen LogP contribution in [-0.2, 0) is 4.79 Å². The standard InChI is InChI=1S/C16H20O/c1-16(12-6-5-11-15(16)17)13-7-10-14-8-3-2-4-9-14/h2-4,7-10H,5-6,11-13H2,1H3/b10-7+. The Hall–Kier alpha value is -1.37. The summed E-state index contributed by atoms with van der Waals surface area (Å²) in [6, 6.07) is 10.3. The second-order valence-electron chi connectivity index (χ2n) is 5.21. The number of hydrogen-bond acceptors (Lipinski definition) is 1. The Morgan fingerprint density at radius 2 is 2.00 bits per heavy atom. The summed E-state index contributed by atoms with van der Waals surface area (Å²) in [6.07, 6.45) is 9.24. The number of rotatable bonds is 3. The Morgan fingerprint density at radius 1 is 1.24 bits per heavy atom. The lowest BCUT2D eigenvalue weighted by Gasteiger charge is -2.30. The molecule has 1 atom stereocenters. The molecular weight excluding hydrogens is 208 g/mol. The van der Waals surface area contributed by atoms with E-state index in [1.807, 2.05) is 18.2 Å². The van der Waals surface area contributed by atoms with E-state index in [9.17, 15) is 4.79 Å². The topological polar surface area (TPSA) is 17.1 Å². The predicted octanol–water partition coefficient (Wildman–Crippen LogP) is 4.24. The molecule has 0 spiro atoms. The highest BCUT2D eigenvalue weighted by molar-refractivity contribution is 5.85. The fourth-order valence-corrected chi connectivity index (χ4v) is 2.48. The van der Waals surface area contributed by atoms with Crippen LogP contribution in [0.4, 0.5) is 0 Å². The summed E-state index contributed by atoms with van der Waals surface area (Å²) in [5.41, 5.74) is 1.10. The molecule has 0 radical (unpaired) electrons. The van der Waals surface area contributed by atoms with Gasteiger partial charge in [-0.3, -0.25) is 4.79 Å². The number of ketones is 1. The molecule has 1 aromatic carbocycles. The number of Topliss-reactive ketones (excluding diaryl/α,β-unsaturated/α-hetero) is 1. The summed E-state index contributed by atoms with van der Waals surface area (Å²) in [4.78, 5) is 11.9. The molecule has 17 heavy (non-hydrogen) atoms. The molecule has 0 bridgehead atoms. The Bertz CT molecular complexity index is 405. The molecule has 0 aliphatic heterocycles. The third kappa shape index (κ3) is 3.06. The van der Waals surface area contributed by atoms with Crippen molar-refractivity contribution in [3.63, 3.8) is 0 Å². The molecule has 1 unspecified atom stereocenters. The highest BCUT2D eigenvalue weighted by Gasteiger charge is 2.33. The maximum atomic E-state index is 11.9. The zero-order chi connectivity index (χ0) is 12.1. The number of carbonyl (C=O) groups excluding carboxylic acids is 1. The maximum absolute atomic E-state index is 11.9. The third-order valence-corrected chi connectivity index (χ3v) is 3.73. The lowest BCUT2D eigenvalue weighted by atomic mass is 9.72. The van der Waals surface area contributed by atoms with Crippen molar-refractivity contribution in [2.24, 2.45) is 5.41 Å². The predicted molar refractivity (Wildman–Crippen MR) is 71.7 cm³/mol. The molecule has 0 aromatic heterocycles. The van der Waals surface area contributed by atoms with Crippen LogP contribution < -0.4 is 0 Å². The average molecular weight is 228 g/mol. The molecule has 1 fully saturated rings. The summed E-state index contributed by atoms with van der Waals surface area (Å²) in [6.45, 7) is 2.11. The minimum Gasteiger partial charge on any atom is -0.299 e. The number of carbonyl (C=O) groups is 1. The first kappa shape index (κ1) is 12.1. The van der Waals surface area contributed by atoms with Gasteiger partial charge in [-0.05, 0) is 24.8 Å². The summed E-state index contributed by atoms with van der Waals surface area (Å²) in [5, 5.41) is 0. The lowest BCUT2D eigenvalue weighted by molar-refractivity contribution is -0.130. The van der Waals surface area contributed by atoms with Gasteiger partial charge in [0.05, 0.1) is 0 Å². The van der Waals surface area contributed by atoms with Gasteiger partial charge in [0, 0.05) is 11.8 Å². The minimum atomic E-state index is -0.108. The van der Waals surface area contributed by atoms with E-state index in [0.29, 0.717) is 5.78 Å². The van der Waals surface area contributed by atoms with Crippen LogP contribution in [0, 0.1) is 5.41 Å². The van der Waals surface area contributed by atoms with Crippen LogP contribution in [0.5, 0.6) is 0 Å². The Kier molecular flexibility index (Phi) is 3.78. The summed E-state index contributed by atoms with van der Waals surface area (Å²) in [5.74, 6) is 0.446. The largest absolute Gasteiger partial charge is 0.299 e. The zero-order valence-corrected chi connectivity index (χ0v) is 10.5. The van der Waals surface area contributed by atoms with Gasteiger partial charge in [-0.1, -0.05) is 55.8 Å². The van der Waals surface area contributed by atoms with Crippen molar-refractivity contribution < 1.29 is 4.79 Å². The van der Waals surface area contributed by atoms with Crippen LogP contribution in [0.3, 0.4) is 0 Å². The van der Waals surface area contributed by atoms with E-state index < -0.39 is 0 Å². The second kappa shape index (κ2) is 5.31. The molecule has 90 valence electrons. The Balaban J connectivity index is 1.97.